The van der Waals surface area contributed by atoms with Gasteiger partial charge >= 0.3 is 5.97 Å². The Morgan fingerprint density at radius 2 is 2.43 bits per heavy atom. The lowest BCUT2D eigenvalue weighted by Crippen LogP contribution is -2.06. The van der Waals surface area contributed by atoms with Gasteiger partial charge in [-0.2, -0.15) is 0 Å². The lowest BCUT2D eigenvalue weighted by Gasteiger charge is -2.03. The summed E-state index contributed by atoms with van der Waals surface area (Å²) in [6.07, 6.45) is 4.84. The van der Waals surface area contributed by atoms with Crippen LogP contribution in [0.5, 0.6) is 0 Å². The lowest BCUT2D eigenvalue weighted by atomic mass is 10.1. The number of esters is 1. The zero-order chi connectivity index (χ0) is 9.97. The third-order valence-electron chi connectivity index (χ3n) is 2.43. The van der Waals surface area contributed by atoms with Gasteiger partial charge < -0.3 is 4.74 Å². The maximum atomic E-state index is 11.4. The van der Waals surface area contributed by atoms with Crippen molar-refractivity contribution in [2.45, 2.75) is 26.2 Å². The molecule has 0 fully saturated rings. The first-order valence-electron chi connectivity index (χ1n) is 4.96. The minimum absolute atomic E-state index is 0.269. The molecule has 0 radical (unpaired) electrons. The third-order valence-corrected chi connectivity index (χ3v) is 2.43. The van der Waals surface area contributed by atoms with E-state index in [9.17, 15) is 4.79 Å². The van der Waals surface area contributed by atoms with Crippen LogP contribution in [0.25, 0.3) is 0 Å². The number of pyridine rings is 1. The first-order valence-corrected chi connectivity index (χ1v) is 4.96. The predicted molar refractivity (Wildman–Crippen MR) is 52.2 cm³/mol. The predicted octanol–water partition coefficient (Wildman–Crippen LogP) is 1.75. The van der Waals surface area contributed by atoms with Crippen LogP contribution in [0.1, 0.15) is 35.0 Å². The zero-order valence-corrected chi connectivity index (χ0v) is 8.25. The van der Waals surface area contributed by atoms with E-state index in [2.05, 4.69) is 4.98 Å². The molecule has 0 amide bonds. The molecule has 0 saturated carbocycles. The number of hydrogen-bond donors (Lipinski definition) is 0. The van der Waals surface area contributed by atoms with E-state index in [0.717, 1.165) is 25.0 Å². The molecule has 0 atom stereocenters. The van der Waals surface area contributed by atoms with Crippen LogP contribution < -0.4 is 0 Å². The highest BCUT2D eigenvalue weighted by Gasteiger charge is 2.15. The van der Waals surface area contributed by atoms with Gasteiger partial charge in [0.2, 0.25) is 0 Å². The Labute approximate surface area is 83.1 Å². The Morgan fingerprint density at radius 3 is 3.21 bits per heavy atom. The van der Waals surface area contributed by atoms with Crippen molar-refractivity contribution in [1.29, 1.82) is 0 Å². The van der Waals surface area contributed by atoms with E-state index >= 15 is 0 Å². The van der Waals surface area contributed by atoms with Crippen molar-refractivity contribution in [2.24, 2.45) is 0 Å². The Hall–Kier alpha value is -1.38. The Bertz CT molecular complexity index is 360. The molecule has 1 aliphatic carbocycles. The number of nitrogens with zero attached hydrogens (tertiary/aromatic N) is 1. The van der Waals surface area contributed by atoms with Gasteiger partial charge in [-0.05, 0) is 37.8 Å². The van der Waals surface area contributed by atoms with E-state index in [-0.39, 0.29) is 5.97 Å². The van der Waals surface area contributed by atoms with Crippen LogP contribution in [0.15, 0.2) is 12.3 Å². The average Bonchev–Trinajstić information content (AvgIpc) is 2.64. The molecule has 0 saturated heterocycles. The molecular formula is C11H13NO2. The van der Waals surface area contributed by atoms with Crippen LogP contribution in [-0.4, -0.2) is 17.6 Å². The first-order chi connectivity index (χ1) is 6.81. The molecule has 1 aliphatic rings. The van der Waals surface area contributed by atoms with Crippen LogP contribution in [0.3, 0.4) is 0 Å². The quantitative estimate of drug-likeness (QED) is 0.668. The Morgan fingerprint density at radius 1 is 1.57 bits per heavy atom. The van der Waals surface area contributed by atoms with E-state index in [1.807, 2.05) is 6.07 Å². The zero-order valence-electron chi connectivity index (χ0n) is 8.25. The number of carbonyl (C=O) groups excluding carboxylic acids is 1. The molecule has 1 heterocycles. The van der Waals surface area contributed by atoms with Crippen molar-refractivity contribution in [2.75, 3.05) is 6.61 Å². The standard InChI is InChI=1S/C11H13NO2/c1-2-14-11(13)9-6-8-4-3-5-10(8)12-7-9/h6-7H,2-5H2,1H3. The molecule has 0 aromatic carbocycles. The summed E-state index contributed by atoms with van der Waals surface area (Å²) in [4.78, 5) is 15.6. The highest BCUT2D eigenvalue weighted by atomic mass is 16.5. The van der Waals surface area contributed by atoms with E-state index in [0.29, 0.717) is 12.2 Å². The highest BCUT2D eigenvalue weighted by Crippen LogP contribution is 2.20. The summed E-state index contributed by atoms with van der Waals surface area (Å²) in [6, 6.07) is 1.91. The summed E-state index contributed by atoms with van der Waals surface area (Å²) in [5.74, 6) is -0.269. The van der Waals surface area contributed by atoms with Crippen LogP contribution in [0, 0.1) is 0 Å². The summed E-state index contributed by atoms with van der Waals surface area (Å²) < 4.78 is 4.91. The van der Waals surface area contributed by atoms with E-state index in [4.69, 9.17) is 4.74 Å². The highest BCUT2D eigenvalue weighted by molar-refractivity contribution is 5.89. The molecule has 0 bridgehead atoms. The second-order valence-corrected chi connectivity index (χ2v) is 3.40. The van der Waals surface area contributed by atoms with Crippen LogP contribution in [0.4, 0.5) is 0 Å². The first kappa shape index (κ1) is 9.19. The van der Waals surface area contributed by atoms with E-state index in [1.54, 1.807) is 13.1 Å². The molecule has 3 heteroatoms. The topological polar surface area (TPSA) is 39.2 Å². The molecular weight excluding hydrogens is 178 g/mol. The van der Waals surface area contributed by atoms with Gasteiger partial charge in [-0.15, -0.1) is 0 Å². The molecule has 74 valence electrons. The molecule has 0 unspecified atom stereocenters. The van der Waals surface area contributed by atoms with Gasteiger partial charge in [0.15, 0.2) is 0 Å². The summed E-state index contributed by atoms with van der Waals surface area (Å²) in [5, 5.41) is 0. The fourth-order valence-electron chi connectivity index (χ4n) is 1.75. The van der Waals surface area contributed by atoms with Gasteiger partial charge in [-0.3, -0.25) is 4.98 Å². The minimum atomic E-state index is -0.269. The number of rotatable bonds is 2. The second-order valence-electron chi connectivity index (χ2n) is 3.40. The van der Waals surface area contributed by atoms with E-state index < -0.39 is 0 Å². The largest absolute Gasteiger partial charge is 0.462 e. The maximum absolute atomic E-state index is 11.4. The second kappa shape index (κ2) is 3.78. The summed E-state index contributed by atoms with van der Waals surface area (Å²) in [7, 11) is 0. The Kier molecular flexibility index (Phi) is 2.48. The number of ether oxygens (including phenoxy) is 1. The molecule has 14 heavy (non-hydrogen) atoms. The Balaban J connectivity index is 2.24. The third kappa shape index (κ3) is 1.62. The number of carbonyl (C=O) groups is 1. The minimum Gasteiger partial charge on any atom is -0.462 e. The number of aromatic nitrogens is 1. The van der Waals surface area contributed by atoms with Crippen LogP contribution in [0.2, 0.25) is 0 Å². The van der Waals surface area contributed by atoms with Crippen molar-refractivity contribution in [3.8, 4) is 0 Å². The van der Waals surface area contributed by atoms with Gasteiger partial charge in [-0.1, -0.05) is 0 Å². The van der Waals surface area contributed by atoms with Crippen molar-refractivity contribution in [3.05, 3.63) is 29.1 Å². The van der Waals surface area contributed by atoms with Crippen LogP contribution in [-0.2, 0) is 17.6 Å². The summed E-state index contributed by atoms with van der Waals surface area (Å²) in [5.41, 5.74) is 2.92. The van der Waals surface area contributed by atoms with Gasteiger partial charge in [-0.25, -0.2) is 4.79 Å². The van der Waals surface area contributed by atoms with Crippen molar-refractivity contribution in [3.63, 3.8) is 0 Å². The number of hydrogen-bond acceptors (Lipinski definition) is 3. The maximum Gasteiger partial charge on any atom is 0.339 e. The number of aryl methyl sites for hydroxylation is 2. The fraction of sp³-hybridized carbons (Fsp3) is 0.455. The summed E-state index contributed by atoms with van der Waals surface area (Å²) in [6.45, 7) is 2.22. The van der Waals surface area contributed by atoms with Crippen LogP contribution >= 0.6 is 0 Å². The van der Waals surface area contributed by atoms with Crippen molar-refractivity contribution in [1.82, 2.24) is 4.98 Å². The summed E-state index contributed by atoms with van der Waals surface area (Å²) >= 11 is 0. The smallest absolute Gasteiger partial charge is 0.339 e. The van der Waals surface area contributed by atoms with Gasteiger partial charge in [0.1, 0.15) is 0 Å². The van der Waals surface area contributed by atoms with Crippen molar-refractivity contribution < 1.29 is 9.53 Å². The molecule has 1 aromatic heterocycles. The number of fused-ring (bicyclic) bond motifs is 1. The van der Waals surface area contributed by atoms with E-state index in [1.165, 1.54) is 5.56 Å². The molecule has 0 N–H and O–H groups in total. The molecule has 0 spiro atoms. The fourth-order valence-corrected chi connectivity index (χ4v) is 1.75. The molecule has 0 aliphatic heterocycles. The molecule has 1 aromatic rings. The molecule has 2 rings (SSSR count). The van der Waals surface area contributed by atoms with Gasteiger partial charge in [0.05, 0.1) is 12.2 Å². The SMILES string of the molecule is CCOC(=O)c1cnc2c(c1)CCC2. The average molecular weight is 191 g/mol. The van der Waals surface area contributed by atoms with Gasteiger partial charge in [0.25, 0.3) is 0 Å². The van der Waals surface area contributed by atoms with Crippen molar-refractivity contribution >= 4 is 5.97 Å². The molecule has 3 nitrogen and oxygen atoms in total. The van der Waals surface area contributed by atoms with Gasteiger partial charge in [0, 0.05) is 11.9 Å². The normalized spacial score (nSPS) is 13.8. The monoisotopic (exact) mass is 191 g/mol. The lowest BCUT2D eigenvalue weighted by molar-refractivity contribution is 0.0526.